The molecule has 0 aliphatic rings. The van der Waals surface area contributed by atoms with Gasteiger partial charge in [-0.05, 0) is 24.3 Å². The van der Waals surface area contributed by atoms with E-state index in [0.717, 1.165) is 0 Å². The second kappa shape index (κ2) is 10.4. The summed E-state index contributed by atoms with van der Waals surface area (Å²) in [5.41, 5.74) is 4.32. The normalized spacial score (nSPS) is 9.76. The standard InChI is InChI=1S/C19H21N3O7/c1-26-12-5-4-6-14(9-12)29-11-17(23)21-22-19(25)18(24)20-15-10-13(27-2)7-8-16(15)28-3/h4-10H,11H2,1-3H3,(H,20,24)(H,21,23)(H,22,25). The number of rotatable bonds is 7. The smallest absolute Gasteiger partial charge is 0.328 e. The van der Waals surface area contributed by atoms with Crippen molar-refractivity contribution in [3.8, 4) is 23.0 Å². The van der Waals surface area contributed by atoms with E-state index in [9.17, 15) is 14.4 Å². The van der Waals surface area contributed by atoms with E-state index in [4.69, 9.17) is 18.9 Å². The van der Waals surface area contributed by atoms with Crippen molar-refractivity contribution in [3.05, 3.63) is 42.5 Å². The Bertz CT molecular complexity index is 886. The zero-order chi connectivity index (χ0) is 21.2. The highest BCUT2D eigenvalue weighted by atomic mass is 16.5. The number of hydrazine groups is 1. The summed E-state index contributed by atoms with van der Waals surface area (Å²) < 4.78 is 20.5. The second-order valence-electron chi connectivity index (χ2n) is 5.49. The first-order valence-corrected chi connectivity index (χ1v) is 8.36. The molecule has 3 amide bonds. The second-order valence-corrected chi connectivity index (χ2v) is 5.49. The Labute approximate surface area is 167 Å². The van der Waals surface area contributed by atoms with Crippen LogP contribution in [0.2, 0.25) is 0 Å². The van der Waals surface area contributed by atoms with Crippen molar-refractivity contribution in [2.24, 2.45) is 0 Å². The first kappa shape index (κ1) is 21.4. The number of anilines is 1. The van der Waals surface area contributed by atoms with E-state index >= 15 is 0 Å². The number of amides is 3. The molecule has 0 aromatic heterocycles. The SMILES string of the molecule is COc1cccc(OCC(=O)NNC(=O)C(=O)Nc2cc(OC)ccc2OC)c1. The third kappa shape index (κ3) is 6.31. The van der Waals surface area contributed by atoms with Gasteiger partial charge >= 0.3 is 11.8 Å². The number of ether oxygens (including phenoxy) is 4. The predicted molar refractivity (Wildman–Crippen MR) is 103 cm³/mol. The van der Waals surface area contributed by atoms with Crippen molar-refractivity contribution in [2.45, 2.75) is 0 Å². The van der Waals surface area contributed by atoms with Gasteiger partial charge in [0.1, 0.15) is 23.0 Å². The summed E-state index contributed by atoms with van der Waals surface area (Å²) in [5.74, 6) is -0.968. The van der Waals surface area contributed by atoms with E-state index in [1.807, 2.05) is 5.43 Å². The lowest BCUT2D eigenvalue weighted by atomic mass is 10.2. The van der Waals surface area contributed by atoms with Crippen LogP contribution in [-0.4, -0.2) is 45.7 Å². The van der Waals surface area contributed by atoms with E-state index < -0.39 is 17.7 Å². The van der Waals surface area contributed by atoms with Gasteiger partial charge in [0.25, 0.3) is 5.91 Å². The molecule has 10 nitrogen and oxygen atoms in total. The molecule has 0 radical (unpaired) electrons. The average molecular weight is 403 g/mol. The van der Waals surface area contributed by atoms with Crippen molar-refractivity contribution in [3.63, 3.8) is 0 Å². The Morgan fingerprint density at radius 3 is 2.17 bits per heavy atom. The maximum Gasteiger partial charge on any atom is 0.328 e. The van der Waals surface area contributed by atoms with Gasteiger partial charge in [-0.15, -0.1) is 0 Å². The van der Waals surface area contributed by atoms with Crippen LogP contribution in [0.15, 0.2) is 42.5 Å². The van der Waals surface area contributed by atoms with Crippen LogP contribution >= 0.6 is 0 Å². The molecule has 0 unspecified atom stereocenters. The molecule has 3 N–H and O–H groups in total. The molecule has 2 rings (SSSR count). The fourth-order valence-electron chi connectivity index (χ4n) is 2.15. The molecule has 2 aromatic carbocycles. The summed E-state index contributed by atoms with van der Waals surface area (Å²) in [7, 11) is 4.39. The fraction of sp³-hybridized carbons (Fsp3) is 0.211. The number of hydrogen-bond donors (Lipinski definition) is 3. The highest BCUT2D eigenvalue weighted by Gasteiger charge is 2.17. The predicted octanol–water partition coefficient (Wildman–Crippen LogP) is 0.877. The summed E-state index contributed by atoms with van der Waals surface area (Å²) in [4.78, 5) is 35.7. The van der Waals surface area contributed by atoms with Gasteiger partial charge in [-0.1, -0.05) is 6.07 Å². The number of hydrogen-bond acceptors (Lipinski definition) is 7. The Morgan fingerprint density at radius 1 is 0.793 bits per heavy atom. The van der Waals surface area contributed by atoms with Crippen LogP contribution in [0, 0.1) is 0 Å². The highest BCUT2D eigenvalue weighted by Crippen LogP contribution is 2.28. The number of carbonyl (C=O) groups is 3. The molecule has 0 aliphatic carbocycles. The number of nitrogens with one attached hydrogen (secondary N) is 3. The van der Waals surface area contributed by atoms with Crippen LogP contribution < -0.4 is 35.1 Å². The monoisotopic (exact) mass is 403 g/mol. The Balaban J connectivity index is 1.83. The molecule has 0 heterocycles. The van der Waals surface area contributed by atoms with E-state index in [2.05, 4.69) is 10.7 Å². The Kier molecular flexibility index (Phi) is 7.66. The third-order valence-corrected chi connectivity index (χ3v) is 3.59. The molecule has 0 spiro atoms. The lowest BCUT2D eigenvalue weighted by Gasteiger charge is -2.12. The fourth-order valence-corrected chi connectivity index (χ4v) is 2.15. The minimum atomic E-state index is -1.08. The van der Waals surface area contributed by atoms with Crippen LogP contribution in [0.4, 0.5) is 5.69 Å². The van der Waals surface area contributed by atoms with Gasteiger partial charge in [0, 0.05) is 12.1 Å². The van der Waals surface area contributed by atoms with Crippen molar-refractivity contribution in [2.75, 3.05) is 33.3 Å². The molecular formula is C19H21N3O7. The Hall–Kier alpha value is -3.95. The maximum atomic E-state index is 12.0. The lowest BCUT2D eigenvalue weighted by molar-refractivity contribution is -0.138. The molecule has 0 saturated carbocycles. The molecule has 0 aliphatic heterocycles. The quantitative estimate of drug-likeness (QED) is 0.463. The first-order valence-electron chi connectivity index (χ1n) is 8.36. The third-order valence-electron chi connectivity index (χ3n) is 3.59. The average Bonchev–Trinajstić information content (AvgIpc) is 2.75. The van der Waals surface area contributed by atoms with Gasteiger partial charge in [-0.25, -0.2) is 0 Å². The molecule has 154 valence electrons. The van der Waals surface area contributed by atoms with Crippen molar-refractivity contribution < 1.29 is 33.3 Å². The van der Waals surface area contributed by atoms with Crippen LogP contribution in [0.25, 0.3) is 0 Å². The van der Waals surface area contributed by atoms with Crippen LogP contribution in [-0.2, 0) is 14.4 Å². The summed E-state index contributed by atoms with van der Waals surface area (Å²) in [6.45, 7) is -0.376. The highest BCUT2D eigenvalue weighted by molar-refractivity contribution is 6.39. The van der Waals surface area contributed by atoms with E-state index in [1.165, 1.54) is 27.4 Å². The zero-order valence-electron chi connectivity index (χ0n) is 16.1. The summed E-state index contributed by atoms with van der Waals surface area (Å²) >= 11 is 0. The van der Waals surface area contributed by atoms with Crippen molar-refractivity contribution >= 4 is 23.4 Å². The number of methoxy groups -OCH3 is 3. The van der Waals surface area contributed by atoms with Crippen LogP contribution in [0.3, 0.4) is 0 Å². The molecule has 0 atom stereocenters. The minimum Gasteiger partial charge on any atom is -0.497 e. The topological polar surface area (TPSA) is 124 Å². The van der Waals surface area contributed by atoms with Crippen molar-refractivity contribution in [1.82, 2.24) is 10.9 Å². The zero-order valence-corrected chi connectivity index (χ0v) is 16.1. The molecular weight excluding hydrogens is 382 g/mol. The minimum absolute atomic E-state index is 0.236. The maximum absolute atomic E-state index is 12.0. The van der Waals surface area contributed by atoms with Gasteiger partial charge in [-0.2, -0.15) is 0 Å². The first-order chi connectivity index (χ1) is 14.0. The van der Waals surface area contributed by atoms with Crippen molar-refractivity contribution in [1.29, 1.82) is 0 Å². The van der Waals surface area contributed by atoms with Gasteiger partial charge in [0.15, 0.2) is 6.61 Å². The summed E-state index contributed by atoms with van der Waals surface area (Å²) in [6, 6.07) is 11.4. The van der Waals surface area contributed by atoms with E-state index in [1.54, 1.807) is 36.4 Å². The number of carbonyl (C=O) groups excluding carboxylic acids is 3. The van der Waals surface area contributed by atoms with E-state index in [0.29, 0.717) is 23.0 Å². The largest absolute Gasteiger partial charge is 0.497 e. The van der Waals surface area contributed by atoms with Crippen LogP contribution in [0.1, 0.15) is 0 Å². The van der Waals surface area contributed by atoms with Crippen LogP contribution in [0.5, 0.6) is 23.0 Å². The molecule has 0 fully saturated rings. The molecule has 10 heteroatoms. The summed E-state index contributed by atoms with van der Waals surface area (Å²) in [6.07, 6.45) is 0. The van der Waals surface area contributed by atoms with Gasteiger partial charge in [0.05, 0.1) is 27.0 Å². The van der Waals surface area contributed by atoms with E-state index in [-0.39, 0.29) is 12.3 Å². The van der Waals surface area contributed by atoms with Gasteiger partial charge in [-0.3, -0.25) is 25.2 Å². The Morgan fingerprint density at radius 2 is 1.48 bits per heavy atom. The molecule has 29 heavy (non-hydrogen) atoms. The molecule has 2 aromatic rings. The van der Waals surface area contributed by atoms with Gasteiger partial charge in [0.2, 0.25) is 0 Å². The molecule has 0 bridgehead atoms. The number of benzene rings is 2. The lowest BCUT2D eigenvalue weighted by Crippen LogP contribution is -2.48. The van der Waals surface area contributed by atoms with Gasteiger partial charge < -0.3 is 24.3 Å². The summed E-state index contributed by atoms with van der Waals surface area (Å²) in [5, 5.41) is 2.38. The molecule has 0 saturated heterocycles.